The molecule has 1 heterocycles. The lowest BCUT2D eigenvalue weighted by molar-refractivity contribution is -0.140. The molecular weight excluding hydrogens is 355 g/mol. The maximum Gasteiger partial charge on any atom is 0.337 e. The zero-order valence-corrected chi connectivity index (χ0v) is 14.2. The minimum absolute atomic E-state index is 0.137. The van der Waals surface area contributed by atoms with Crippen LogP contribution in [-0.4, -0.2) is 29.9 Å². The van der Waals surface area contributed by atoms with E-state index in [1.54, 1.807) is 0 Å². The first-order valence-corrected chi connectivity index (χ1v) is 7.53. The predicted octanol–water partition coefficient (Wildman–Crippen LogP) is 3.20. The lowest BCUT2D eigenvalue weighted by Gasteiger charge is -2.29. The Balaban J connectivity index is 2.79. The monoisotopic (exact) mass is 366 g/mol. The SMILES string of the molecule is COC(=O)C1=C(C#N)N=C(C)C(C(=O)O)C1c1ccc(Cl)cc1Cl. The van der Waals surface area contributed by atoms with Crippen LogP contribution in [0.5, 0.6) is 0 Å². The van der Waals surface area contributed by atoms with Gasteiger partial charge in [-0.25, -0.2) is 9.79 Å². The topological polar surface area (TPSA) is 99.8 Å². The molecule has 2 atom stereocenters. The molecule has 1 aromatic carbocycles. The summed E-state index contributed by atoms with van der Waals surface area (Å²) in [4.78, 5) is 27.9. The lowest BCUT2D eigenvalue weighted by atomic mass is 9.75. The second-order valence-electron chi connectivity index (χ2n) is 5.08. The zero-order chi connectivity index (χ0) is 18.0. The van der Waals surface area contributed by atoms with Gasteiger partial charge in [0.25, 0.3) is 0 Å². The van der Waals surface area contributed by atoms with Gasteiger partial charge in [0.2, 0.25) is 0 Å². The number of carbonyl (C=O) groups excluding carboxylic acids is 1. The fourth-order valence-corrected chi connectivity index (χ4v) is 3.22. The zero-order valence-electron chi connectivity index (χ0n) is 12.7. The molecule has 0 fully saturated rings. The first-order chi connectivity index (χ1) is 11.3. The number of aliphatic imine (C=N–C) groups is 1. The maximum atomic E-state index is 12.2. The third-order valence-electron chi connectivity index (χ3n) is 3.71. The van der Waals surface area contributed by atoms with Crippen molar-refractivity contribution < 1.29 is 19.4 Å². The van der Waals surface area contributed by atoms with Gasteiger partial charge >= 0.3 is 11.9 Å². The Morgan fingerprint density at radius 1 is 1.38 bits per heavy atom. The minimum Gasteiger partial charge on any atom is -0.481 e. The molecule has 0 saturated carbocycles. The van der Waals surface area contributed by atoms with Crippen LogP contribution in [0.15, 0.2) is 34.5 Å². The van der Waals surface area contributed by atoms with Crippen LogP contribution < -0.4 is 0 Å². The fourth-order valence-electron chi connectivity index (χ4n) is 2.69. The number of ether oxygens (including phenoxy) is 1. The van der Waals surface area contributed by atoms with Crippen molar-refractivity contribution in [1.82, 2.24) is 0 Å². The van der Waals surface area contributed by atoms with Crippen LogP contribution in [0.4, 0.5) is 0 Å². The third-order valence-corrected chi connectivity index (χ3v) is 4.27. The largest absolute Gasteiger partial charge is 0.481 e. The average molecular weight is 367 g/mol. The molecule has 124 valence electrons. The molecule has 0 saturated heterocycles. The van der Waals surface area contributed by atoms with E-state index in [0.717, 1.165) is 7.11 Å². The third kappa shape index (κ3) is 3.14. The van der Waals surface area contributed by atoms with E-state index in [4.69, 9.17) is 27.9 Å². The number of esters is 1. The van der Waals surface area contributed by atoms with Crippen molar-refractivity contribution in [2.45, 2.75) is 12.8 Å². The molecule has 1 aromatic rings. The Bertz CT molecular complexity index is 824. The van der Waals surface area contributed by atoms with Gasteiger partial charge in [-0.1, -0.05) is 29.3 Å². The molecule has 0 radical (unpaired) electrons. The first-order valence-electron chi connectivity index (χ1n) is 6.77. The molecule has 24 heavy (non-hydrogen) atoms. The Morgan fingerprint density at radius 2 is 2.04 bits per heavy atom. The summed E-state index contributed by atoms with van der Waals surface area (Å²) >= 11 is 12.1. The number of halogens is 2. The van der Waals surface area contributed by atoms with Crippen molar-refractivity contribution >= 4 is 40.9 Å². The number of hydrogen-bond donors (Lipinski definition) is 1. The van der Waals surface area contributed by atoms with Crippen molar-refractivity contribution in [3.8, 4) is 6.07 Å². The molecule has 0 aliphatic carbocycles. The summed E-state index contributed by atoms with van der Waals surface area (Å²) in [6.45, 7) is 1.49. The number of allylic oxidation sites excluding steroid dienone is 1. The molecule has 8 heteroatoms. The van der Waals surface area contributed by atoms with Gasteiger partial charge in [-0.3, -0.25) is 4.79 Å². The van der Waals surface area contributed by atoms with E-state index in [9.17, 15) is 20.0 Å². The Labute approximate surface area is 148 Å². The van der Waals surface area contributed by atoms with E-state index < -0.39 is 23.8 Å². The van der Waals surface area contributed by atoms with E-state index in [-0.39, 0.29) is 22.0 Å². The van der Waals surface area contributed by atoms with Crippen molar-refractivity contribution in [2.75, 3.05) is 7.11 Å². The molecule has 1 N–H and O–H groups in total. The van der Waals surface area contributed by atoms with Crippen molar-refractivity contribution in [3.63, 3.8) is 0 Å². The Kier molecular flexibility index (Phi) is 5.27. The van der Waals surface area contributed by atoms with Crippen LogP contribution in [0.2, 0.25) is 10.0 Å². The maximum absolute atomic E-state index is 12.2. The number of carboxylic acids is 1. The molecule has 1 aliphatic heterocycles. The van der Waals surface area contributed by atoms with Gasteiger partial charge in [-0.2, -0.15) is 5.26 Å². The van der Waals surface area contributed by atoms with Crippen LogP contribution >= 0.6 is 23.2 Å². The van der Waals surface area contributed by atoms with Gasteiger partial charge in [0.15, 0.2) is 5.70 Å². The van der Waals surface area contributed by atoms with E-state index in [1.807, 2.05) is 6.07 Å². The van der Waals surface area contributed by atoms with Gasteiger partial charge in [-0.05, 0) is 24.6 Å². The highest BCUT2D eigenvalue weighted by molar-refractivity contribution is 6.35. The molecule has 6 nitrogen and oxygen atoms in total. The second kappa shape index (κ2) is 7.04. The first kappa shape index (κ1) is 18.0. The van der Waals surface area contributed by atoms with Crippen molar-refractivity contribution in [1.29, 1.82) is 5.26 Å². The highest BCUT2D eigenvalue weighted by Gasteiger charge is 2.43. The molecule has 0 spiro atoms. The summed E-state index contributed by atoms with van der Waals surface area (Å²) < 4.78 is 4.72. The summed E-state index contributed by atoms with van der Waals surface area (Å²) in [7, 11) is 1.14. The Hall–Kier alpha value is -2.36. The summed E-state index contributed by atoms with van der Waals surface area (Å²) in [6, 6.07) is 6.32. The second-order valence-corrected chi connectivity index (χ2v) is 5.92. The standard InChI is InChI=1S/C16H12Cl2N2O4/c1-7-12(15(21)22)13(9-4-3-8(17)5-10(9)18)14(16(23)24-2)11(6-19)20-7/h3-5,12-13H,1-2H3,(H,21,22). The van der Waals surface area contributed by atoms with E-state index >= 15 is 0 Å². The molecule has 0 aromatic heterocycles. The summed E-state index contributed by atoms with van der Waals surface area (Å²) in [5.41, 5.74) is 0.230. The van der Waals surface area contributed by atoms with Gasteiger partial charge in [0, 0.05) is 21.7 Å². The van der Waals surface area contributed by atoms with E-state index in [0.29, 0.717) is 10.6 Å². The lowest BCUT2D eigenvalue weighted by Crippen LogP contribution is -2.35. The molecule has 2 unspecified atom stereocenters. The molecular formula is C16H12Cl2N2O4. The number of benzene rings is 1. The number of methoxy groups -OCH3 is 1. The van der Waals surface area contributed by atoms with Gasteiger partial charge in [0.05, 0.1) is 12.7 Å². The average Bonchev–Trinajstić information content (AvgIpc) is 2.52. The minimum atomic E-state index is -1.19. The van der Waals surface area contributed by atoms with Crippen LogP contribution in [0.25, 0.3) is 0 Å². The van der Waals surface area contributed by atoms with Crippen LogP contribution in [0, 0.1) is 17.2 Å². The normalized spacial score (nSPS) is 20.2. The summed E-state index contributed by atoms with van der Waals surface area (Å²) in [6.07, 6.45) is 0. The number of hydrogen-bond acceptors (Lipinski definition) is 5. The number of carbonyl (C=O) groups is 2. The molecule has 2 rings (SSSR count). The number of nitriles is 1. The van der Waals surface area contributed by atoms with E-state index in [1.165, 1.54) is 25.1 Å². The number of carboxylic acid groups (broad SMARTS) is 1. The molecule has 0 amide bonds. The summed E-state index contributed by atoms with van der Waals surface area (Å²) in [5, 5.41) is 19.5. The quantitative estimate of drug-likeness (QED) is 0.827. The summed E-state index contributed by atoms with van der Waals surface area (Å²) in [5.74, 6) is -4.18. The van der Waals surface area contributed by atoms with Crippen molar-refractivity contribution in [3.05, 3.63) is 45.1 Å². The van der Waals surface area contributed by atoms with E-state index in [2.05, 4.69) is 4.99 Å². The number of rotatable bonds is 3. The van der Waals surface area contributed by atoms with Crippen LogP contribution in [0.1, 0.15) is 18.4 Å². The van der Waals surface area contributed by atoms with Gasteiger partial charge in [-0.15, -0.1) is 0 Å². The van der Waals surface area contributed by atoms with Crippen LogP contribution in [-0.2, 0) is 14.3 Å². The highest BCUT2D eigenvalue weighted by atomic mass is 35.5. The molecule has 0 bridgehead atoms. The highest BCUT2D eigenvalue weighted by Crippen LogP contribution is 2.42. The van der Waals surface area contributed by atoms with Gasteiger partial charge in [0.1, 0.15) is 12.0 Å². The van der Waals surface area contributed by atoms with Crippen LogP contribution in [0.3, 0.4) is 0 Å². The van der Waals surface area contributed by atoms with Gasteiger partial charge < -0.3 is 9.84 Å². The Morgan fingerprint density at radius 3 is 2.54 bits per heavy atom. The number of aliphatic carboxylic acids is 1. The molecule has 1 aliphatic rings. The fraction of sp³-hybridized carbons (Fsp3) is 0.250. The number of nitrogens with zero attached hydrogens (tertiary/aromatic N) is 2. The van der Waals surface area contributed by atoms with Crippen molar-refractivity contribution in [2.24, 2.45) is 10.9 Å². The predicted molar refractivity (Wildman–Crippen MR) is 88.1 cm³/mol. The smallest absolute Gasteiger partial charge is 0.337 e.